The first-order chi connectivity index (χ1) is 14.7. The molecule has 30 heavy (non-hydrogen) atoms. The summed E-state index contributed by atoms with van der Waals surface area (Å²) >= 11 is 7.67. The molecule has 2 aliphatic rings. The Labute approximate surface area is 184 Å². The molecule has 2 aliphatic heterocycles. The first kappa shape index (κ1) is 19.2. The molecule has 3 aromatic rings. The van der Waals surface area contributed by atoms with Gasteiger partial charge in [-0.15, -0.1) is 0 Å². The van der Waals surface area contributed by atoms with Crippen LogP contribution in [0.15, 0.2) is 76.6 Å². The predicted octanol–water partition coefficient (Wildman–Crippen LogP) is 5.29. The van der Waals surface area contributed by atoms with E-state index < -0.39 is 0 Å². The van der Waals surface area contributed by atoms with Crippen molar-refractivity contribution in [3.8, 4) is 0 Å². The third-order valence-electron chi connectivity index (χ3n) is 5.46. The largest absolute Gasteiger partial charge is 0.367 e. The molecule has 3 aromatic carbocycles. The van der Waals surface area contributed by atoms with Crippen molar-refractivity contribution in [2.45, 2.75) is 0 Å². The lowest BCUT2D eigenvalue weighted by molar-refractivity contribution is -0.113. The molecule has 2 heterocycles. The lowest BCUT2D eigenvalue weighted by atomic mass is 10.1. The molecule has 0 spiro atoms. The van der Waals surface area contributed by atoms with E-state index in [1.54, 1.807) is 0 Å². The summed E-state index contributed by atoms with van der Waals surface area (Å²) in [5.74, 6) is -0.189. The van der Waals surface area contributed by atoms with Gasteiger partial charge in [-0.25, -0.2) is 0 Å². The molecule has 1 saturated heterocycles. The van der Waals surface area contributed by atoms with E-state index >= 15 is 0 Å². The van der Waals surface area contributed by atoms with Crippen LogP contribution < -0.4 is 4.90 Å². The highest BCUT2D eigenvalue weighted by molar-refractivity contribution is 8.18. The van der Waals surface area contributed by atoms with Crippen LogP contribution in [0.1, 0.15) is 5.56 Å². The third kappa shape index (κ3) is 3.71. The van der Waals surface area contributed by atoms with Crippen LogP contribution >= 0.6 is 23.4 Å². The first-order valence-corrected chi connectivity index (χ1v) is 11.1. The van der Waals surface area contributed by atoms with Gasteiger partial charge in [-0.2, -0.15) is 4.99 Å². The molecule has 0 aromatic heterocycles. The number of amidine groups is 1. The van der Waals surface area contributed by atoms with Crippen LogP contribution in [0.5, 0.6) is 0 Å². The molecule has 0 unspecified atom stereocenters. The number of hydrogen-bond acceptors (Lipinski definition) is 4. The number of halogens is 1. The van der Waals surface area contributed by atoms with Gasteiger partial charge in [0.25, 0.3) is 5.91 Å². The average Bonchev–Trinajstić information content (AvgIpc) is 3.15. The summed E-state index contributed by atoms with van der Waals surface area (Å²) in [6.07, 6.45) is 1.83. The zero-order valence-electron chi connectivity index (χ0n) is 16.3. The molecule has 0 N–H and O–H groups in total. The Balaban J connectivity index is 1.29. The molecule has 0 bridgehead atoms. The minimum Gasteiger partial charge on any atom is -0.367 e. The number of hydrogen-bond donors (Lipinski definition) is 0. The van der Waals surface area contributed by atoms with Gasteiger partial charge in [0.15, 0.2) is 5.17 Å². The molecule has 1 fully saturated rings. The summed E-state index contributed by atoms with van der Waals surface area (Å²) in [5.41, 5.74) is 2.11. The van der Waals surface area contributed by atoms with Crippen molar-refractivity contribution in [2.24, 2.45) is 4.99 Å². The fraction of sp³-hybridized carbons (Fsp3) is 0.167. The normalized spacial score (nSPS) is 18.4. The summed E-state index contributed by atoms with van der Waals surface area (Å²) in [4.78, 5) is 22.0. The van der Waals surface area contributed by atoms with Gasteiger partial charge in [0.05, 0.1) is 4.91 Å². The monoisotopic (exact) mass is 433 g/mol. The molecule has 0 radical (unpaired) electrons. The van der Waals surface area contributed by atoms with Crippen molar-refractivity contribution in [2.75, 3.05) is 31.1 Å². The molecule has 0 atom stereocenters. The van der Waals surface area contributed by atoms with E-state index in [0.717, 1.165) is 36.9 Å². The van der Waals surface area contributed by atoms with Crippen molar-refractivity contribution in [3.63, 3.8) is 0 Å². The van der Waals surface area contributed by atoms with E-state index in [4.69, 9.17) is 11.6 Å². The summed E-state index contributed by atoms with van der Waals surface area (Å²) in [6, 6.07) is 22.5. The van der Waals surface area contributed by atoms with E-state index in [9.17, 15) is 4.79 Å². The number of aliphatic imine (C=N–C) groups is 1. The molecular formula is C24H20ClN3OS. The molecule has 6 heteroatoms. The van der Waals surface area contributed by atoms with E-state index in [0.29, 0.717) is 9.93 Å². The highest BCUT2D eigenvalue weighted by Gasteiger charge is 2.29. The summed E-state index contributed by atoms with van der Waals surface area (Å²) in [5, 5.41) is 3.96. The zero-order chi connectivity index (χ0) is 20.5. The number of nitrogens with zero attached hydrogens (tertiary/aromatic N) is 3. The Morgan fingerprint density at radius 1 is 0.867 bits per heavy atom. The van der Waals surface area contributed by atoms with E-state index in [1.807, 2.05) is 30.3 Å². The average molecular weight is 434 g/mol. The number of rotatable bonds is 2. The molecule has 0 saturated carbocycles. The van der Waals surface area contributed by atoms with E-state index in [1.165, 1.54) is 28.2 Å². The number of carbonyl (C=O) groups excluding carboxylic acids is 1. The molecule has 150 valence electrons. The highest BCUT2D eigenvalue weighted by Crippen LogP contribution is 2.33. The van der Waals surface area contributed by atoms with Crippen LogP contribution in [0, 0.1) is 0 Å². The Morgan fingerprint density at radius 3 is 2.40 bits per heavy atom. The maximum atomic E-state index is 12.4. The Hall–Kier alpha value is -2.76. The number of carbonyl (C=O) groups is 1. The number of piperazine rings is 1. The predicted molar refractivity (Wildman–Crippen MR) is 127 cm³/mol. The number of fused-ring (bicyclic) bond motifs is 1. The van der Waals surface area contributed by atoms with Crippen molar-refractivity contribution in [1.29, 1.82) is 0 Å². The number of anilines is 1. The van der Waals surface area contributed by atoms with Crippen LogP contribution in [0.25, 0.3) is 16.8 Å². The molecular weight excluding hydrogens is 414 g/mol. The number of amides is 1. The van der Waals surface area contributed by atoms with Gasteiger partial charge in [0.1, 0.15) is 0 Å². The number of thioether (sulfide) groups is 1. The molecule has 1 amide bonds. The van der Waals surface area contributed by atoms with Crippen LogP contribution in [0.3, 0.4) is 0 Å². The second-order valence-electron chi connectivity index (χ2n) is 7.30. The fourth-order valence-corrected chi connectivity index (χ4v) is 5.04. The van der Waals surface area contributed by atoms with Crippen LogP contribution in [0.2, 0.25) is 5.02 Å². The minimum absolute atomic E-state index is 0.189. The Kier molecular flexibility index (Phi) is 5.23. The summed E-state index contributed by atoms with van der Waals surface area (Å²) in [6.45, 7) is 3.46. The lowest BCUT2D eigenvalue weighted by Gasteiger charge is -2.37. The SMILES string of the molecule is O=C1N=C(N2CCN(c3cccc4ccccc34)CC2)S/C1=C/c1ccccc1Cl. The Bertz CT molecular complexity index is 1180. The minimum atomic E-state index is -0.189. The zero-order valence-corrected chi connectivity index (χ0v) is 17.9. The van der Waals surface area contributed by atoms with Crippen LogP contribution in [-0.2, 0) is 4.79 Å². The number of benzene rings is 3. The van der Waals surface area contributed by atoms with Gasteiger partial charge in [-0.05, 0) is 40.9 Å². The van der Waals surface area contributed by atoms with Gasteiger partial charge in [-0.1, -0.05) is 66.2 Å². The second-order valence-corrected chi connectivity index (χ2v) is 8.72. The van der Waals surface area contributed by atoms with Crippen LogP contribution in [0.4, 0.5) is 5.69 Å². The van der Waals surface area contributed by atoms with Crippen molar-refractivity contribution < 1.29 is 4.79 Å². The lowest BCUT2D eigenvalue weighted by Crippen LogP contribution is -2.47. The quantitative estimate of drug-likeness (QED) is 0.515. The summed E-state index contributed by atoms with van der Waals surface area (Å²) in [7, 11) is 0. The Morgan fingerprint density at radius 2 is 1.57 bits per heavy atom. The van der Waals surface area contributed by atoms with Crippen molar-refractivity contribution in [1.82, 2.24) is 4.90 Å². The third-order valence-corrected chi connectivity index (χ3v) is 6.85. The van der Waals surface area contributed by atoms with E-state index in [2.05, 4.69) is 57.3 Å². The van der Waals surface area contributed by atoms with Gasteiger partial charge < -0.3 is 9.80 Å². The topological polar surface area (TPSA) is 35.9 Å². The first-order valence-electron chi connectivity index (χ1n) is 9.94. The van der Waals surface area contributed by atoms with Gasteiger partial charge in [0.2, 0.25) is 0 Å². The standard InChI is InChI=1S/C24H20ClN3OS/c25-20-10-4-2-7-18(20)16-22-23(29)26-24(30-22)28-14-12-27(13-15-28)21-11-5-8-17-6-1-3-9-19(17)21/h1-11,16H,12-15H2/b22-16+. The van der Waals surface area contributed by atoms with Crippen molar-refractivity contribution in [3.05, 3.63) is 82.2 Å². The van der Waals surface area contributed by atoms with E-state index in [-0.39, 0.29) is 5.91 Å². The van der Waals surface area contributed by atoms with Crippen molar-refractivity contribution >= 4 is 57.0 Å². The van der Waals surface area contributed by atoms with Crippen LogP contribution in [-0.4, -0.2) is 42.2 Å². The van der Waals surface area contributed by atoms with Gasteiger partial charge in [0, 0.05) is 42.3 Å². The highest BCUT2D eigenvalue weighted by atomic mass is 35.5. The second kappa shape index (κ2) is 8.17. The maximum Gasteiger partial charge on any atom is 0.286 e. The van der Waals surface area contributed by atoms with Gasteiger partial charge >= 0.3 is 0 Å². The van der Waals surface area contributed by atoms with Gasteiger partial charge in [-0.3, -0.25) is 4.79 Å². The fourth-order valence-electron chi connectivity index (χ4n) is 3.89. The molecule has 4 nitrogen and oxygen atoms in total. The smallest absolute Gasteiger partial charge is 0.286 e. The molecule has 0 aliphatic carbocycles. The molecule has 5 rings (SSSR count). The summed E-state index contributed by atoms with van der Waals surface area (Å²) < 4.78 is 0. The maximum absolute atomic E-state index is 12.4.